The molecule has 0 aromatic heterocycles. The molecule has 2 saturated heterocycles. The number of hydrogen-bond acceptors (Lipinski definition) is 5. The van der Waals surface area contributed by atoms with Crippen LogP contribution < -0.4 is 10.1 Å². The fourth-order valence-electron chi connectivity index (χ4n) is 4.47. The summed E-state index contributed by atoms with van der Waals surface area (Å²) in [5.74, 6) is 0.442. The van der Waals surface area contributed by atoms with Gasteiger partial charge in [-0.1, -0.05) is 12.1 Å². The molecule has 2 amide bonds. The number of ether oxygens (including phenoxy) is 1. The van der Waals surface area contributed by atoms with Crippen molar-refractivity contribution in [2.24, 2.45) is 5.92 Å². The Kier molecular flexibility index (Phi) is 7.53. The Labute approximate surface area is 200 Å². The number of benzene rings is 2. The number of carbonyl (C=O) groups is 2. The molecule has 182 valence electrons. The standard InChI is InChI=1S/C25H31N3O5S/c1-2-33-22-8-10-23(11-9-22)34(31,32)28-15-12-20(13-16-28)25(30)26-21-6-3-5-19(17-21)18-27-14-4-7-24(27)29/h3,5-6,8-11,17,20H,2,4,7,12-16,18H2,1H3,(H,26,30). The number of likely N-dealkylation sites (tertiary alicyclic amines) is 1. The summed E-state index contributed by atoms with van der Waals surface area (Å²) >= 11 is 0. The maximum absolute atomic E-state index is 13.0. The molecule has 2 fully saturated rings. The molecule has 2 aromatic rings. The number of nitrogens with one attached hydrogen (secondary N) is 1. The first-order valence-corrected chi connectivity index (χ1v) is 13.2. The minimum Gasteiger partial charge on any atom is -0.494 e. The molecular formula is C25H31N3O5S. The molecule has 0 saturated carbocycles. The number of sulfonamides is 1. The third-order valence-corrected chi connectivity index (χ3v) is 8.25. The van der Waals surface area contributed by atoms with Crippen LogP contribution >= 0.6 is 0 Å². The lowest BCUT2D eigenvalue weighted by Gasteiger charge is -2.30. The minimum atomic E-state index is -3.61. The second-order valence-electron chi connectivity index (χ2n) is 8.69. The van der Waals surface area contributed by atoms with Gasteiger partial charge in [-0.2, -0.15) is 4.31 Å². The average Bonchev–Trinajstić information content (AvgIpc) is 3.24. The smallest absolute Gasteiger partial charge is 0.243 e. The average molecular weight is 486 g/mol. The van der Waals surface area contributed by atoms with E-state index in [1.54, 1.807) is 24.3 Å². The summed E-state index contributed by atoms with van der Waals surface area (Å²) in [6.07, 6.45) is 2.42. The van der Waals surface area contributed by atoms with Crippen LogP contribution in [0, 0.1) is 5.92 Å². The molecule has 0 radical (unpaired) electrons. The van der Waals surface area contributed by atoms with Crippen LogP contribution in [-0.2, 0) is 26.2 Å². The molecule has 2 aliphatic heterocycles. The maximum Gasteiger partial charge on any atom is 0.243 e. The zero-order chi connectivity index (χ0) is 24.1. The van der Waals surface area contributed by atoms with E-state index in [0.29, 0.717) is 56.9 Å². The van der Waals surface area contributed by atoms with Crippen LogP contribution in [0.4, 0.5) is 5.69 Å². The van der Waals surface area contributed by atoms with Crippen LogP contribution in [0.1, 0.15) is 38.2 Å². The Balaban J connectivity index is 1.32. The van der Waals surface area contributed by atoms with Crippen molar-refractivity contribution in [1.82, 2.24) is 9.21 Å². The summed E-state index contributed by atoms with van der Waals surface area (Å²) in [6, 6.07) is 14.0. The van der Waals surface area contributed by atoms with Gasteiger partial charge in [0.2, 0.25) is 21.8 Å². The number of piperidine rings is 1. The van der Waals surface area contributed by atoms with E-state index >= 15 is 0 Å². The Morgan fingerprint density at radius 3 is 2.47 bits per heavy atom. The summed E-state index contributed by atoms with van der Waals surface area (Å²) in [7, 11) is -3.61. The summed E-state index contributed by atoms with van der Waals surface area (Å²) in [5, 5.41) is 2.97. The van der Waals surface area contributed by atoms with Crippen LogP contribution in [0.15, 0.2) is 53.4 Å². The van der Waals surface area contributed by atoms with Gasteiger partial charge in [0.15, 0.2) is 0 Å². The van der Waals surface area contributed by atoms with Gasteiger partial charge < -0.3 is 15.0 Å². The zero-order valence-electron chi connectivity index (χ0n) is 19.4. The zero-order valence-corrected chi connectivity index (χ0v) is 20.2. The third kappa shape index (κ3) is 5.59. The first-order chi connectivity index (χ1) is 16.4. The maximum atomic E-state index is 13.0. The van der Waals surface area contributed by atoms with Crippen LogP contribution in [-0.4, -0.2) is 55.7 Å². The van der Waals surface area contributed by atoms with Gasteiger partial charge in [-0.05, 0) is 68.1 Å². The number of anilines is 1. The van der Waals surface area contributed by atoms with Crippen molar-refractivity contribution in [2.45, 2.75) is 44.0 Å². The molecule has 9 heteroatoms. The van der Waals surface area contributed by atoms with E-state index in [-0.39, 0.29) is 22.6 Å². The van der Waals surface area contributed by atoms with Crippen LogP contribution in [0.5, 0.6) is 5.75 Å². The highest BCUT2D eigenvalue weighted by atomic mass is 32.2. The molecule has 0 aliphatic carbocycles. The van der Waals surface area contributed by atoms with Crippen LogP contribution in [0.25, 0.3) is 0 Å². The first kappa shape index (κ1) is 24.2. The lowest BCUT2D eigenvalue weighted by atomic mass is 9.97. The molecule has 4 rings (SSSR count). The van der Waals surface area contributed by atoms with Gasteiger partial charge in [-0.25, -0.2) is 8.42 Å². The SMILES string of the molecule is CCOc1ccc(S(=O)(=O)N2CCC(C(=O)Nc3cccc(CN4CCCC4=O)c3)CC2)cc1. The van der Waals surface area contributed by atoms with Crippen molar-refractivity contribution in [3.63, 3.8) is 0 Å². The highest BCUT2D eigenvalue weighted by molar-refractivity contribution is 7.89. The molecule has 34 heavy (non-hydrogen) atoms. The molecule has 0 spiro atoms. The summed E-state index contributed by atoms with van der Waals surface area (Å²) < 4.78 is 32.8. The van der Waals surface area contributed by atoms with E-state index < -0.39 is 10.0 Å². The lowest BCUT2D eigenvalue weighted by Crippen LogP contribution is -2.41. The first-order valence-electron chi connectivity index (χ1n) is 11.8. The molecule has 0 bridgehead atoms. The van der Waals surface area contributed by atoms with Crippen molar-refractivity contribution in [1.29, 1.82) is 0 Å². The number of nitrogens with zero attached hydrogens (tertiary/aromatic N) is 2. The van der Waals surface area contributed by atoms with E-state index in [0.717, 1.165) is 18.5 Å². The predicted octanol–water partition coefficient (Wildman–Crippen LogP) is 3.25. The second-order valence-corrected chi connectivity index (χ2v) is 10.6. The Hall–Kier alpha value is -2.91. The number of amides is 2. The number of rotatable bonds is 8. The monoisotopic (exact) mass is 485 g/mol. The van der Waals surface area contributed by atoms with Crippen molar-refractivity contribution in [3.8, 4) is 5.75 Å². The van der Waals surface area contributed by atoms with E-state index in [2.05, 4.69) is 5.32 Å². The van der Waals surface area contributed by atoms with Gasteiger partial charge in [-0.3, -0.25) is 9.59 Å². The van der Waals surface area contributed by atoms with Gasteiger partial charge in [-0.15, -0.1) is 0 Å². The van der Waals surface area contributed by atoms with E-state index in [1.807, 2.05) is 36.1 Å². The molecule has 0 atom stereocenters. The van der Waals surface area contributed by atoms with Gasteiger partial charge in [0, 0.05) is 44.2 Å². The molecule has 8 nitrogen and oxygen atoms in total. The molecule has 2 heterocycles. The van der Waals surface area contributed by atoms with Gasteiger partial charge >= 0.3 is 0 Å². The topological polar surface area (TPSA) is 96.0 Å². The molecule has 2 aliphatic rings. The van der Waals surface area contributed by atoms with E-state index in [4.69, 9.17) is 4.74 Å². The Bertz CT molecular complexity index is 1130. The Morgan fingerprint density at radius 2 is 1.82 bits per heavy atom. The van der Waals surface area contributed by atoms with Crippen molar-refractivity contribution in [2.75, 3.05) is 31.6 Å². The molecule has 1 N–H and O–H groups in total. The van der Waals surface area contributed by atoms with Gasteiger partial charge in [0.25, 0.3) is 0 Å². The van der Waals surface area contributed by atoms with Crippen LogP contribution in [0.3, 0.4) is 0 Å². The van der Waals surface area contributed by atoms with Crippen molar-refractivity contribution < 1.29 is 22.7 Å². The van der Waals surface area contributed by atoms with E-state index in [9.17, 15) is 18.0 Å². The minimum absolute atomic E-state index is 0.104. The molecular weight excluding hydrogens is 454 g/mol. The lowest BCUT2D eigenvalue weighted by molar-refractivity contribution is -0.128. The molecule has 0 unspecified atom stereocenters. The van der Waals surface area contributed by atoms with Crippen molar-refractivity contribution in [3.05, 3.63) is 54.1 Å². The highest BCUT2D eigenvalue weighted by Gasteiger charge is 2.32. The second kappa shape index (κ2) is 10.6. The normalized spacial score (nSPS) is 17.7. The largest absolute Gasteiger partial charge is 0.494 e. The van der Waals surface area contributed by atoms with E-state index in [1.165, 1.54) is 4.31 Å². The third-order valence-electron chi connectivity index (χ3n) is 6.34. The highest BCUT2D eigenvalue weighted by Crippen LogP contribution is 2.26. The number of hydrogen-bond donors (Lipinski definition) is 1. The van der Waals surface area contributed by atoms with Crippen LogP contribution in [0.2, 0.25) is 0 Å². The van der Waals surface area contributed by atoms with Gasteiger partial charge in [0.1, 0.15) is 5.75 Å². The van der Waals surface area contributed by atoms with Crippen molar-refractivity contribution >= 4 is 27.5 Å². The fourth-order valence-corrected chi connectivity index (χ4v) is 5.93. The molecule has 2 aromatic carbocycles. The van der Waals surface area contributed by atoms with Gasteiger partial charge in [0.05, 0.1) is 11.5 Å². The summed E-state index contributed by atoms with van der Waals surface area (Å²) in [6.45, 7) is 4.30. The predicted molar refractivity (Wildman–Crippen MR) is 129 cm³/mol. The Morgan fingerprint density at radius 1 is 1.09 bits per heavy atom. The summed E-state index contributed by atoms with van der Waals surface area (Å²) in [4.78, 5) is 26.8. The summed E-state index contributed by atoms with van der Waals surface area (Å²) in [5.41, 5.74) is 1.67. The fraction of sp³-hybridized carbons (Fsp3) is 0.440. The quantitative estimate of drug-likeness (QED) is 0.619. The number of carbonyl (C=O) groups excluding carboxylic acids is 2.